The summed E-state index contributed by atoms with van der Waals surface area (Å²) in [6.07, 6.45) is -13.4. The van der Waals surface area contributed by atoms with Gasteiger partial charge in [0.25, 0.3) is 0 Å². The van der Waals surface area contributed by atoms with Gasteiger partial charge in [0, 0.05) is 0 Å². The van der Waals surface area contributed by atoms with Crippen molar-refractivity contribution in [2.45, 2.75) is 23.5 Å². The van der Waals surface area contributed by atoms with Crippen molar-refractivity contribution in [3.8, 4) is 0 Å². The molecule has 0 aliphatic rings. The van der Waals surface area contributed by atoms with E-state index in [2.05, 4.69) is 0 Å². The van der Waals surface area contributed by atoms with Gasteiger partial charge in [-0.2, -0.15) is 43.9 Å². The molecular weight excluding hydrogens is 314 g/mol. The van der Waals surface area contributed by atoms with Crippen LogP contribution in [-0.4, -0.2) is 37.7 Å². The van der Waals surface area contributed by atoms with Gasteiger partial charge >= 0.3 is 23.5 Å². The Bertz CT molecular complexity index is 401. The Hall–Kier alpha value is -0.750. The highest BCUT2D eigenvalue weighted by Crippen LogP contribution is 2.44. The molecule has 0 aromatic heterocycles. The molecule has 0 atom stereocenters. The highest BCUT2D eigenvalue weighted by Gasteiger charge is 2.71. The normalized spacial score (nSPS) is 15.9. The molecule has 0 heterocycles. The van der Waals surface area contributed by atoms with Crippen LogP contribution in [0, 0.1) is 0 Å². The minimum atomic E-state index is -7.09. The van der Waals surface area contributed by atoms with Crippen molar-refractivity contribution in [1.82, 2.24) is 0 Å². The Labute approximate surface area is 92.5 Å². The average molecular weight is 316 g/mol. The fourth-order valence-electron chi connectivity index (χ4n) is 0.587. The molecule has 0 unspecified atom stereocenters. The zero-order valence-electron chi connectivity index (χ0n) is 7.71. The quantitative estimate of drug-likeness (QED) is 0.750. The Balaban J connectivity index is 5.49. The number of rotatable bonds is 3. The lowest BCUT2D eigenvalue weighted by Crippen LogP contribution is -2.51. The molecule has 0 saturated heterocycles. The maximum Gasteiger partial charge on any atom is 0.469 e. The lowest BCUT2D eigenvalue weighted by molar-refractivity contribution is -0.273. The molecule has 0 aromatic carbocycles. The second-order valence-corrected chi connectivity index (χ2v) is 5.01. The monoisotopic (exact) mass is 316 g/mol. The summed E-state index contributed by atoms with van der Waals surface area (Å²) in [4.78, 5) is 0. The van der Waals surface area contributed by atoms with Crippen LogP contribution in [0.5, 0.6) is 0 Å². The fourth-order valence-corrected chi connectivity index (χ4v) is 1.76. The first-order valence-corrected chi connectivity index (χ1v) is 5.22. The van der Waals surface area contributed by atoms with E-state index in [-0.39, 0.29) is 0 Å². The molecule has 0 bridgehead atoms. The van der Waals surface area contributed by atoms with Gasteiger partial charge in [-0.1, -0.05) is 0 Å². The highest BCUT2D eigenvalue weighted by atomic mass is 32.2. The van der Waals surface area contributed by atoms with Gasteiger partial charge in [0.15, 0.2) is 0 Å². The van der Waals surface area contributed by atoms with E-state index in [0.717, 1.165) is 0 Å². The third-order valence-corrected chi connectivity index (χ3v) is 3.26. The van der Waals surface area contributed by atoms with E-state index in [1.165, 1.54) is 0 Å². The summed E-state index contributed by atoms with van der Waals surface area (Å²) in [6.45, 7) is 0. The van der Waals surface area contributed by atoms with Crippen molar-refractivity contribution < 1.29 is 52.3 Å². The summed E-state index contributed by atoms with van der Waals surface area (Å²) in [7, 11) is -7.09. The molecule has 0 amide bonds. The summed E-state index contributed by atoms with van der Waals surface area (Å²) in [6, 6.07) is 0. The standard InChI is InChI=1S/C5H2F10O2S/c6-2(7,3(8,9)10)1-18(16,17)5(14,15)4(11,12)13/h1H2. The third kappa shape index (κ3) is 2.98. The maximum atomic E-state index is 12.2. The molecule has 0 rings (SSSR count). The minimum absolute atomic E-state index is 3.70. The molecule has 0 aromatic rings. The Morgan fingerprint density at radius 1 is 0.667 bits per heavy atom. The van der Waals surface area contributed by atoms with E-state index in [9.17, 15) is 52.3 Å². The second-order valence-electron chi connectivity index (χ2n) is 2.98. The molecule has 0 aliphatic heterocycles. The molecule has 110 valence electrons. The van der Waals surface area contributed by atoms with Gasteiger partial charge in [-0.15, -0.1) is 0 Å². The van der Waals surface area contributed by atoms with Crippen LogP contribution < -0.4 is 0 Å². The van der Waals surface area contributed by atoms with Crippen LogP contribution in [0.25, 0.3) is 0 Å². The van der Waals surface area contributed by atoms with Gasteiger partial charge in [-0.25, -0.2) is 8.42 Å². The largest absolute Gasteiger partial charge is 0.469 e. The van der Waals surface area contributed by atoms with Gasteiger partial charge in [0.2, 0.25) is 9.84 Å². The Morgan fingerprint density at radius 3 is 1.22 bits per heavy atom. The summed E-state index contributed by atoms with van der Waals surface area (Å²) >= 11 is 0. The predicted molar refractivity (Wildman–Crippen MR) is 35.8 cm³/mol. The number of sulfone groups is 1. The van der Waals surface area contributed by atoms with Crippen molar-refractivity contribution in [2.75, 3.05) is 5.75 Å². The van der Waals surface area contributed by atoms with Crippen molar-refractivity contribution in [3.63, 3.8) is 0 Å². The van der Waals surface area contributed by atoms with Crippen LogP contribution in [0.1, 0.15) is 0 Å². The molecular formula is C5H2F10O2S. The lowest BCUT2D eigenvalue weighted by atomic mass is 10.4. The molecule has 0 radical (unpaired) electrons. The van der Waals surface area contributed by atoms with Gasteiger partial charge in [0.1, 0.15) is 5.75 Å². The molecule has 0 spiro atoms. The first-order chi connectivity index (χ1) is 7.46. The zero-order chi connectivity index (χ0) is 15.2. The Kier molecular flexibility index (Phi) is 3.96. The summed E-state index contributed by atoms with van der Waals surface area (Å²) in [5.74, 6) is -9.92. The predicted octanol–water partition coefficient (Wildman–Crippen LogP) is 2.75. The average Bonchev–Trinajstić information content (AvgIpc) is 1.96. The molecule has 18 heavy (non-hydrogen) atoms. The van der Waals surface area contributed by atoms with Crippen LogP contribution in [0.4, 0.5) is 43.9 Å². The van der Waals surface area contributed by atoms with Gasteiger partial charge < -0.3 is 0 Å². The molecule has 0 saturated carbocycles. The lowest BCUT2D eigenvalue weighted by Gasteiger charge is -2.24. The number of hydrogen-bond donors (Lipinski definition) is 0. The van der Waals surface area contributed by atoms with Crippen molar-refractivity contribution in [3.05, 3.63) is 0 Å². The topological polar surface area (TPSA) is 34.1 Å². The van der Waals surface area contributed by atoms with Gasteiger partial charge in [0.05, 0.1) is 0 Å². The SMILES string of the molecule is O=S(=O)(CC(F)(F)C(F)(F)F)C(F)(F)C(F)(F)F. The van der Waals surface area contributed by atoms with Crippen LogP contribution in [0.2, 0.25) is 0 Å². The number of hydrogen-bond acceptors (Lipinski definition) is 2. The van der Waals surface area contributed by atoms with E-state index < -0.39 is 39.1 Å². The van der Waals surface area contributed by atoms with Gasteiger partial charge in [-0.05, 0) is 0 Å². The van der Waals surface area contributed by atoms with Gasteiger partial charge in [-0.3, -0.25) is 0 Å². The number of alkyl halides is 10. The third-order valence-electron chi connectivity index (χ3n) is 1.51. The van der Waals surface area contributed by atoms with Crippen LogP contribution >= 0.6 is 0 Å². The summed E-state index contributed by atoms with van der Waals surface area (Å²) in [5.41, 5.74) is 0. The van der Waals surface area contributed by atoms with Crippen molar-refractivity contribution in [1.29, 1.82) is 0 Å². The van der Waals surface area contributed by atoms with Crippen molar-refractivity contribution in [2.24, 2.45) is 0 Å². The molecule has 0 fully saturated rings. The van der Waals surface area contributed by atoms with Crippen molar-refractivity contribution >= 4 is 9.84 Å². The molecule has 0 aliphatic carbocycles. The van der Waals surface area contributed by atoms with E-state index in [4.69, 9.17) is 0 Å². The first kappa shape index (κ1) is 17.2. The molecule has 13 heteroatoms. The van der Waals surface area contributed by atoms with Crippen LogP contribution in [0.15, 0.2) is 0 Å². The summed E-state index contributed by atoms with van der Waals surface area (Å²) in [5, 5.41) is -6.70. The van der Waals surface area contributed by atoms with Crippen LogP contribution in [0.3, 0.4) is 0 Å². The van der Waals surface area contributed by atoms with Crippen LogP contribution in [-0.2, 0) is 9.84 Å². The van der Waals surface area contributed by atoms with E-state index >= 15 is 0 Å². The smallest absolute Gasteiger partial charge is 0.222 e. The summed E-state index contributed by atoms with van der Waals surface area (Å²) < 4.78 is 138. The second kappa shape index (κ2) is 4.13. The highest BCUT2D eigenvalue weighted by molar-refractivity contribution is 7.92. The molecule has 2 nitrogen and oxygen atoms in total. The molecule has 0 N–H and O–H groups in total. The van der Waals surface area contributed by atoms with E-state index in [1.807, 2.05) is 0 Å². The Morgan fingerprint density at radius 2 is 1.00 bits per heavy atom. The minimum Gasteiger partial charge on any atom is -0.222 e. The maximum absolute atomic E-state index is 12.2. The first-order valence-electron chi connectivity index (χ1n) is 3.57. The van der Waals surface area contributed by atoms with E-state index in [1.54, 1.807) is 0 Å². The fraction of sp³-hybridized carbons (Fsp3) is 1.00. The van der Waals surface area contributed by atoms with E-state index in [0.29, 0.717) is 0 Å². The number of halogens is 10. The zero-order valence-corrected chi connectivity index (χ0v) is 8.53.